The van der Waals surface area contributed by atoms with Crippen LogP contribution >= 0.6 is 0 Å². The number of hydrogen-bond acceptors (Lipinski definition) is 6. The molecule has 0 fully saturated rings. The molecule has 2 N–H and O–H groups in total. The SMILES string of the molecule is O=C(N/N=C/C=N/NC(=O)c1ccncc1)c1ccncc1. The van der Waals surface area contributed by atoms with E-state index in [0.717, 1.165) is 0 Å². The maximum atomic E-state index is 11.6. The monoisotopic (exact) mass is 296 g/mol. The van der Waals surface area contributed by atoms with Crippen LogP contribution in [0.3, 0.4) is 0 Å². The van der Waals surface area contributed by atoms with Crippen LogP contribution in [0.2, 0.25) is 0 Å². The molecule has 2 aromatic rings. The van der Waals surface area contributed by atoms with E-state index in [1.54, 1.807) is 24.3 Å². The standard InChI is InChI=1S/C14H12N6O2/c21-13(11-1-5-15-6-2-11)19-17-9-10-18-20-14(22)12-3-7-16-8-4-12/h1-10H,(H,19,21)(H,20,22)/b17-9+,18-10+. The number of hydrogen-bond donors (Lipinski definition) is 2. The molecule has 8 nitrogen and oxygen atoms in total. The Kier molecular flexibility index (Phi) is 5.45. The molecule has 22 heavy (non-hydrogen) atoms. The quantitative estimate of drug-likeness (QED) is 0.622. The summed E-state index contributed by atoms with van der Waals surface area (Å²) in [5.41, 5.74) is 5.50. The molecule has 0 aromatic carbocycles. The molecule has 0 saturated carbocycles. The van der Waals surface area contributed by atoms with Crippen molar-refractivity contribution in [2.75, 3.05) is 0 Å². The van der Waals surface area contributed by atoms with Crippen LogP contribution in [-0.4, -0.2) is 34.2 Å². The minimum Gasteiger partial charge on any atom is -0.267 e. The van der Waals surface area contributed by atoms with E-state index in [2.05, 4.69) is 31.0 Å². The predicted octanol–water partition coefficient (Wildman–Crippen LogP) is 0.608. The van der Waals surface area contributed by atoms with E-state index in [9.17, 15) is 9.59 Å². The molecule has 110 valence electrons. The number of hydrazone groups is 2. The molecule has 0 atom stereocenters. The first-order valence-electron chi connectivity index (χ1n) is 6.23. The molecule has 0 aliphatic carbocycles. The van der Waals surface area contributed by atoms with Crippen molar-refractivity contribution in [3.63, 3.8) is 0 Å². The fourth-order valence-corrected chi connectivity index (χ4v) is 1.39. The maximum Gasteiger partial charge on any atom is 0.271 e. The first-order chi connectivity index (χ1) is 10.8. The Labute approximate surface area is 126 Å². The van der Waals surface area contributed by atoms with Crippen LogP contribution in [0.15, 0.2) is 59.3 Å². The van der Waals surface area contributed by atoms with Crippen molar-refractivity contribution in [2.24, 2.45) is 10.2 Å². The van der Waals surface area contributed by atoms with Gasteiger partial charge in [-0.2, -0.15) is 10.2 Å². The van der Waals surface area contributed by atoms with Crippen molar-refractivity contribution < 1.29 is 9.59 Å². The van der Waals surface area contributed by atoms with Gasteiger partial charge in [0.25, 0.3) is 11.8 Å². The topological polar surface area (TPSA) is 109 Å². The van der Waals surface area contributed by atoms with Gasteiger partial charge in [-0.1, -0.05) is 0 Å². The van der Waals surface area contributed by atoms with Gasteiger partial charge in [-0.05, 0) is 24.3 Å². The normalized spacial score (nSPS) is 10.7. The van der Waals surface area contributed by atoms with Gasteiger partial charge in [0.2, 0.25) is 0 Å². The van der Waals surface area contributed by atoms with Crippen LogP contribution in [0.5, 0.6) is 0 Å². The number of rotatable bonds is 5. The second kappa shape index (κ2) is 8.00. The molecule has 0 bridgehead atoms. The van der Waals surface area contributed by atoms with E-state index in [-0.39, 0.29) is 11.8 Å². The summed E-state index contributed by atoms with van der Waals surface area (Å²) in [6.07, 6.45) is 8.52. The maximum absolute atomic E-state index is 11.6. The largest absolute Gasteiger partial charge is 0.271 e. The van der Waals surface area contributed by atoms with E-state index in [0.29, 0.717) is 11.1 Å². The Morgan fingerprint density at radius 2 is 1.14 bits per heavy atom. The predicted molar refractivity (Wildman–Crippen MR) is 80.4 cm³/mol. The van der Waals surface area contributed by atoms with Gasteiger partial charge in [-0.3, -0.25) is 19.6 Å². The molecule has 8 heteroatoms. The zero-order valence-electron chi connectivity index (χ0n) is 11.4. The smallest absolute Gasteiger partial charge is 0.267 e. The van der Waals surface area contributed by atoms with Crippen molar-refractivity contribution in [1.29, 1.82) is 0 Å². The summed E-state index contributed by atoms with van der Waals surface area (Å²) < 4.78 is 0. The van der Waals surface area contributed by atoms with E-state index < -0.39 is 0 Å². The number of aromatic nitrogens is 2. The van der Waals surface area contributed by atoms with Crippen molar-refractivity contribution in [3.05, 3.63) is 60.2 Å². The fraction of sp³-hybridized carbons (Fsp3) is 0. The molecule has 2 amide bonds. The highest BCUT2D eigenvalue weighted by molar-refractivity contribution is 6.16. The second-order valence-electron chi connectivity index (χ2n) is 3.91. The molecule has 0 aliphatic rings. The van der Waals surface area contributed by atoms with Crippen molar-refractivity contribution >= 4 is 24.2 Å². The third-order valence-electron chi connectivity index (χ3n) is 2.43. The molecule has 2 rings (SSSR count). The number of nitrogens with zero attached hydrogens (tertiary/aromatic N) is 4. The summed E-state index contributed by atoms with van der Waals surface area (Å²) in [5, 5.41) is 7.32. The highest BCUT2D eigenvalue weighted by atomic mass is 16.2. The summed E-state index contributed by atoms with van der Waals surface area (Å²) in [5.74, 6) is -0.735. The van der Waals surface area contributed by atoms with Crippen LogP contribution in [-0.2, 0) is 0 Å². The van der Waals surface area contributed by atoms with E-state index in [1.165, 1.54) is 37.2 Å². The van der Waals surface area contributed by atoms with Gasteiger partial charge in [-0.25, -0.2) is 10.9 Å². The van der Waals surface area contributed by atoms with Gasteiger partial charge < -0.3 is 0 Å². The van der Waals surface area contributed by atoms with Gasteiger partial charge in [0.05, 0.1) is 12.4 Å². The summed E-state index contributed by atoms with van der Waals surface area (Å²) in [6.45, 7) is 0. The van der Waals surface area contributed by atoms with E-state index in [4.69, 9.17) is 0 Å². The third kappa shape index (κ3) is 4.60. The molecule has 0 unspecified atom stereocenters. The highest BCUT2D eigenvalue weighted by Gasteiger charge is 2.02. The van der Waals surface area contributed by atoms with Crippen LogP contribution in [0.1, 0.15) is 20.7 Å². The van der Waals surface area contributed by atoms with Crippen LogP contribution < -0.4 is 10.9 Å². The Hall–Kier alpha value is -3.42. The van der Waals surface area contributed by atoms with E-state index in [1.807, 2.05) is 0 Å². The average molecular weight is 296 g/mol. The van der Waals surface area contributed by atoms with Crippen molar-refractivity contribution in [3.8, 4) is 0 Å². The van der Waals surface area contributed by atoms with Crippen LogP contribution in [0.4, 0.5) is 0 Å². The van der Waals surface area contributed by atoms with Gasteiger partial charge >= 0.3 is 0 Å². The number of carbonyl (C=O) groups excluding carboxylic acids is 2. The number of pyridine rings is 2. The van der Waals surface area contributed by atoms with Crippen molar-refractivity contribution in [2.45, 2.75) is 0 Å². The Morgan fingerprint density at radius 3 is 1.50 bits per heavy atom. The molecular weight excluding hydrogens is 284 g/mol. The third-order valence-corrected chi connectivity index (χ3v) is 2.43. The Bertz CT molecular complexity index is 623. The lowest BCUT2D eigenvalue weighted by atomic mass is 10.3. The summed E-state index contributed by atoms with van der Waals surface area (Å²) in [4.78, 5) is 30.8. The fourth-order valence-electron chi connectivity index (χ4n) is 1.39. The summed E-state index contributed by atoms with van der Waals surface area (Å²) in [6, 6.07) is 6.25. The lowest BCUT2D eigenvalue weighted by Gasteiger charge is -1.98. The molecule has 2 aromatic heterocycles. The minimum atomic E-state index is -0.368. The minimum absolute atomic E-state index is 0.368. The molecule has 0 aliphatic heterocycles. The Balaban J connectivity index is 1.76. The second-order valence-corrected chi connectivity index (χ2v) is 3.91. The summed E-state index contributed by atoms with van der Waals surface area (Å²) in [7, 11) is 0. The highest BCUT2D eigenvalue weighted by Crippen LogP contribution is 1.95. The summed E-state index contributed by atoms with van der Waals surface area (Å²) >= 11 is 0. The lowest BCUT2D eigenvalue weighted by molar-refractivity contribution is 0.0946. The van der Waals surface area contributed by atoms with Crippen LogP contribution in [0, 0.1) is 0 Å². The van der Waals surface area contributed by atoms with Gasteiger partial charge in [-0.15, -0.1) is 0 Å². The Morgan fingerprint density at radius 1 is 0.773 bits per heavy atom. The number of carbonyl (C=O) groups is 2. The molecule has 0 saturated heterocycles. The van der Waals surface area contributed by atoms with Gasteiger partial charge in [0.1, 0.15) is 0 Å². The van der Waals surface area contributed by atoms with Gasteiger partial charge in [0.15, 0.2) is 0 Å². The lowest BCUT2D eigenvalue weighted by Crippen LogP contribution is -2.19. The zero-order valence-corrected chi connectivity index (χ0v) is 11.4. The van der Waals surface area contributed by atoms with Crippen LogP contribution in [0.25, 0.3) is 0 Å². The number of amides is 2. The first kappa shape index (κ1) is 15.0. The van der Waals surface area contributed by atoms with Gasteiger partial charge in [0, 0.05) is 35.9 Å². The average Bonchev–Trinajstić information content (AvgIpc) is 2.59. The molecule has 0 radical (unpaired) electrons. The molecule has 0 spiro atoms. The van der Waals surface area contributed by atoms with Crippen molar-refractivity contribution in [1.82, 2.24) is 20.8 Å². The molecule has 2 heterocycles. The zero-order chi connectivity index (χ0) is 15.6. The number of nitrogens with one attached hydrogen (secondary N) is 2. The molecular formula is C14H12N6O2. The first-order valence-corrected chi connectivity index (χ1v) is 6.23. The van der Waals surface area contributed by atoms with E-state index >= 15 is 0 Å².